The Kier molecular flexibility index (Phi) is 10.9. The van der Waals surface area contributed by atoms with E-state index >= 15 is 0 Å². The van der Waals surface area contributed by atoms with Gasteiger partial charge in [-0.15, -0.1) is 0 Å². The molecule has 0 atom stereocenters. The van der Waals surface area contributed by atoms with E-state index in [1.807, 2.05) is 18.7 Å². The fraction of sp³-hybridized carbons (Fsp3) is 0.600. The lowest BCUT2D eigenvalue weighted by atomic mass is 10.1. The van der Waals surface area contributed by atoms with Crippen molar-refractivity contribution in [2.45, 2.75) is 72.3 Å². The number of unbranched alkanes of at least 4 members (excludes halogenated alkanes) is 4. The summed E-state index contributed by atoms with van der Waals surface area (Å²) in [5.41, 5.74) is 1.80. The van der Waals surface area contributed by atoms with Crippen molar-refractivity contribution < 1.29 is 19.1 Å². The molecule has 1 aliphatic rings. The zero-order valence-corrected chi connectivity index (χ0v) is 19.6. The van der Waals surface area contributed by atoms with Gasteiger partial charge in [0.15, 0.2) is 10.9 Å². The maximum Gasteiger partial charge on any atom is 0.327 e. The van der Waals surface area contributed by atoms with Crippen molar-refractivity contribution in [3.63, 3.8) is 0 Å². The molecular weight excluding hydrogens is 423 g/mol. The highest BCUT2D eigenvalue weighted by atomic mass is 32.2. The highest BCUT2D eigenvalue weighted by Crippen LogP contribution is 2.32. The molecule has 0 saturated carbocycles. The molecule has 30 heavy (non-hydrogen) atoms. The number of aryl methyl sites for hydroxylation is 1. The molecule has 2 rings (SSSR count). The molecular formula is C20H31N4O4PS. The molecule has 2 heterocycles. The van der Waals surface area contributed by atoms with Crippen LogP contribution in [0, 0.1) is 6.92 Å². The first-order valence-corrected chi connectivity index (χ1v) is 12.2. The van der Waals surface area contributed by atoms with Gasteiger partial charge in [-0.1, -0.05) is 44.4 Å². The van der Waals surface area contributed by atoms with Crippen molar-refractivity contribution >= 4 is 37.6 Å². The van der Waals surface area contributed by atoms with Gasteiger partial charge in [0, 0.05) is 35.2 Å². The predicted octanol–water partition coefficient (Wildman–Crippen LogP) is 4.73. The molecule has 2 N–H and O–H groups in total. The fourth-order valence-electron chi connectivity index (χ4n) is 3.01. The summed E-state index contributed by atoms with van der Waals surface area (Å²) in [7, 11) is -2.41. The minimum atomic E-state index is -2.41. The molecule has 1 aromatic rings. The van der Waals surface area contributed by atoms with Crippen molar-refractivity contribution in [3.8, 4) is 0 Å². The number of aromatic nitrogens is 2. The molecule has 0 unspecified atom stereocenters. The van der Waals surface area contributed by atoms with Gasteiger partial charge in [-0.2, -0.15) is 0 Å². The Bertz CT molecular complexity index is 773. The number of hydrogen-bond donors (Lipinski definition) is 2. The predicted molar refractivity (Wildman–Crippen MR) is 121 cm³/mol. The lowest BCUT2D eigenvalue weighted by Gasteiger charge is -2.26. The van der Waals surface area contributed by atoms with E-state index in [0.29, 0.717) is 31.0 Å². The highest BCUT2D eigenvalue weighted by Gasteiger charge is 2.19. The van der Waals surface area contributed by atoms with Crippen LogP contribution in [0.4, 0.5) is 5.82 Å². The molecule has 0 amide bonds. The fourth-order valence-corrected chi connectivity index (χ4v) is 4.23. The van der Waals surface area contributed by atoms with Crippen LogP contribution in [0.5, 0.6) is 0 Å². The number of carbonyl (C=O) groups is 1. The van der Waals surface area contributed by atoms with Crippen LogP contribution in [0.3, 0.4) is 0 Å². The molecule has 1 aromatic heterocycles. The van der Waals surface area contributed by atoms with Gasteiger partial charge in [-0.25, -0.2) is 15.0 Å². The number of thioether (sulfide) groups is 1. The summed E-state index contributed by atoms with van der Waals surface area (Å²) in [6, 6.07) is 0. The Hall–Kier alpha value is -1.38. The zero-order valence-electron chi connectivity index (χ0n) is 17.9. The SMILES string of the molecule is CCCCCCCC(=O)S/C(CCOP(O)O)=C(/C)N1C=Nc2nc(C)ncc2C1. The second kappa shape index (κ2) is 13.1. The minimum Gasteiger partial charge on any atom is -0.331 e. The van der Waals surface area contributed by atoms with Crippen LogP contribution in [0.2, 0.25) is 0 Å². The molecule has 0 fully saturated rings. The lowest BCUT2D eigenvalue weighted by Crippen LogP contribution is -2.24. The third-order valence-electron chi connectivity index (χ3n) is 4.71. The topological polar surface area (TPSA) is 108 Å². The molecule has 0 aliphatic carbocycles. The van der Waals surface area contributed by atoms with Crippen molar-refractivity contribution in [3.05, 3.63) is 28.2 Å². The normalized spacial score (nSPS) is 14.1. The molecule has 0 bridgehead atoms. The first kappa shape index (κ1) is 24.9. The van der Waals surface area contributed by atoms with Crippen LogP contribution in [-0.2, 0) is 15.9 Å². The third kappa shape index (κ3) is 8.40. The van der Waals surface area contributed by atoms with Gasteiger partial charge in [0.2, 0.25) is 0 Å². The number of allylic oxidation sites excluding steroid dienone is 1. The Morgan fingerprint density at radius 2 is 2.03 bits per heavy atom. The maximum atomic E-state index is 12.5. The Morgan fingerprint density at radius 3 is 2.77 bits per heavy atom. The Morgan fingerprint density at radius 1 is 1.27 bits per heavy atom. The van der Waals surface area contributed by atoms with E-state index in [1.54, 1.807) is 12.5 Å². The van der Waals surface area contributed by atoms with Crippen LogP contribution in [0.25, 0.3) is 0 Å². The van der Waals surface area contributed by atoms with E-state index in [4.69, 9.17) is 14.3 Å². The number of aliphatic imine (C=N–C) groups is 1. The van der Waals surface area contributed by atoms with Crippen LogP contribution < -0.4 is 0 Å². The van der Waals surface area contributed by atoms with E-state index < -0.39 is 8.60 Å². The van der Waals surface area contributed by atoms with Gasteiger partial charge in [-0.05, 0) is 20.3 Å². The summed E-state index contributed by atoms with van der Waals surface area (Å²) in [4.78, 5) is 46.4. The van der Waals surface area contributed by atoms with Crippen LogP contribution in [0.1, 0.15) is 70.2 Å². The Balaban J connectivity index is 2.05. The number of nitrogens with zero attached hydrogens (tertiary/aromatic N) is 4. The van der Waals surface area contributed by atoms with Crippen molar-refractivity contribution in [1.29, 1.82) is 0 Å². The molecule has 0 saturated heterocycles. The molecule has 1 aliphatic heterocycles. The molecule has 8 nitrogen and oxygen atoms in total. The summed E-state index contributed by atoms with van der Waals surface area (Å²) in [5.74, 6) is 1.34. The van der Waals surface area contributed by atoms with E-state index in [9.17, 15) is 4.79 Å². The Labute approximate surface area is 183 Å². The summed E-state index contributed by atoms with van der Waals surface area (Å²) in [6.07, 6.45) is 9.93. The third-order valence-corrected chi connectivity index (χ3v) is 6.31. The van der Waals surface area contributed by atoms with E-state index in [1.165, 1.54) is 24.6 Å². The summed E-state index contributed by atoms with van der Waals surface area (Å²) < 4.78 is 4.93. The van der Waals surface area contributed by atoms with Gasteiger partial charge in [-0.3, -0.25) is 4.79 Å². The van der Waals surface area contributed by atoms with E-state index in [0.717, 1.165) is 35.4 Å². The van der Waals surface area contributed by atoms with Crippen LogP contribution >= 0.6 is 20.4 Å². The molecule has 0 radical (unpaired) electrons. The number of carbonyl (C=O) groups excluding carboxylic acids is 1. The minimum absolute atomic E-state index is 0.115. The zero-order chi connectivity index (χ0) is 21.9. The molecule has 166 valence electrons. The van der Waals surface area contributed by atoms with E-state index in [2.05, 4.69) is 21.9 Å². The van der Waals surface area contributed by atoms with Gasteiger partial charge in [0.05, 0.1) is 19.5 Å². The maximum absolute atomic E-state index is 12.5. The quantitative estimate of drug-likeness (QED) is 0.345. The summed E-state index contributed by atoms with van der Waals surface area (Å²) in [5, 5.41) is 0.115. The number of fused-ring (bicyclic) bond motifs is 1. The molecule has 0 spiro atoms. The second-order valence-electron chi connectivity index (χ2n) is 7.12. The lowest BCUT2D eigenvalue weighted by molar-refractivity contribution is -0.111. The van der Waals surface area contributed by atoms with Crippen molar-refractivity contribution in [2.24, 2.45) is 4.99 Å². The first-order valence-electron chi connectivity index (χ1n) is 10.2. The molecule has 0 aromatic carbocycles. The van der Waals surface area contributed by atoms with Crippen LogP contribution in [-0.4, -0.2) is 42.7 Å². The van der Waals surface area contributed by atoms with Gasteiger partial charge >= 0.3 is 8.60 Å². The van der Waals surface area contributed by atoms with Crippen molar-refractivity contribution in [2.75, 3.05) is 6.61 Å². The highest BCUT2D eigenvalue weighted by molar-refractivity contribution is 8.16. The smallest absolute Gasteiger partial charge is 0.327 e. The average Bonchev–Trinajstić information content (AvgIpc) is 2.71. The number of rotatable bonds is 12. The van der Waals surface area contributed by atoms with Gasteiger partial charge in [0.1, 0.15) is 5.82 Å². The average molecular weight is 455 g/mol. The number of hydrogen-bond acceptors (Lipinski definition) is 9. The molecule has 10 heteroatoms. The van der Waals surface area contributed by atoms with Gasteiger partial charge in [0.25, 0.3) is 0 Å². The van der Waals surface area contributed by atoms with Crippen molar-refractivity contribution in [1.82, 2.24) is 14.9 Å². The largest absolute Gasteiger partial charge is 0.331 e. The summed E-state index contributed by atoms with van der Waals surface area (Å²) >= 11 is 1.22. The van der Waals surface area contributed by atoms with Crippen LogP contribution in [0.15, 0.2) is 21.8 Å². The summed E-state index contributed by atoms with van der Waals surface area (Å²) in [6.45, 7) is 6.62. The first-order chi connectivity index (χ1) is 14.4. The van der Waals surface area contributed by atoms with E-state index in [-0.39, 0.29) is 11.7 Å². The van der Waals surface area contributed by atoms with Gasteiger partial charge < -0.3 is 19.2 Å². The monoisotopic (exact) mass is 454 g/mol. The second-order valence-corrected chi connectivity index (χ2v) is 9.04. The standard InChI is InChI=1S/C20H31N4O4PS/c1-4-5-6-7-8-9-19(25)30-18(10-11-28-29(26)27)15(2)24-13-17-12-21-16(3)23-20(17)22-14-24/h12,14,26-27H,4-11,13H2,1-3H3/b18-15-.